The van der Waals surface area contributed by atoms with E-state index < -0.39 is 0 Å². The van der Waals surface area contributed by atoms with Crippen LogP contribution in [-0.2, 0) is 4.79 Å². The van der Waals surface area contributed by atoms with Crippen LogP contribution in [0, 0.1) is 13.8 Å². The molecule has 30 heavy (non-hydrogen) atoms. The lowest BCUT2D eigenvalue weighted by Gasteiger charge is -2.30. The van der Waals surface area contributed by atoms with E-state index in [9.17, 15) is 4.79 Å². The molecular formula is C21H24N4O3S2. The number of thioether (sulfide) groups is 1. The van der Waals surface area contributed by atoms with Gasteiger partial charge < -0.3 is 20.1 Å². The number of aromatic nitrogens is 2. The third-order valence-corrected chi connectivity index (χ3v) is 7.02. The molecule has 158 valence electrons. The van der Waals surface area contributed by atoms with Crippen molar-refractivity contribution < 1.29 is 14.3 Å². The van der Waals surface area contributed by atoms with Crippen molar-refractivity contribution in [2.45, 2.75) is 32.0 Å². The van der Waals surface area contributed by atoms with Gasteiger partial charge in [0.1, 0.15) is 17.3 Å². The van der Waals surface area contributed by atoms with E-state index in [1.54, 1.807) is 16.2 Å². The topological polar surface area (TPSA) is 90.6 Å². The number of amides is 1. The summed E-state index contributed by atoms with van der Waals surface area (Å²) in [7, 11) is 0. The fourth-order valence-corrected chi connectivity index (χ4v) is 5.20. The molecule has 0 spiro atoms. The minimum atomic E-state index is -0.200. The molecule has 0 saturated carbocycles. The summed E-state index contributed by atoms with van der Waals surface area (Å²) in [5.74, 6) is 2.17. The Morgan fingerprint density at radius 2 is 2.07 bits per heavy atom. The Kier molecular flexibility index (Phi) is 6.01. The maximum absolute atomic E-state index is 12.8. The summed E-state index contributed by atoms with van der Waals surface area (Å²) >= 11 is 2.91. The van der Waals surface area contributed by atoms with Crippen molar-refractivity contribution in [3.8, 4) is 11.5 Å². The quantitative estimate of drug-likeness (QED) is 0.458. The summed E-state index contributed by atoms with van der Waals surface area (Å²) in [6.45, 7) is 7.51. The van der Waals surface area contributed by atoms with Crippen molar-refractivity contribution in [1.29, 1.82) is 0 Å². The van der Waals surface area contributed by atoms with Crippen LogP contribution in [-0.4, -0.2) is 52.3 Å². The Labute approximate surface area is 183 Å². The maximum Gasteiger partial charge on any atom is 0.233 e. The summed E-state index contributed by atoms with van der Waals surface area (Å²) in [6, 6.07) is 7.57. The number of thiophene rings is 1. The highest BCUT2D eigenvalue weighted by Gasteiger charge is 2.25. The van der Waals surface area contributed by atoms with Gasteiger partial charge in [-0.25, -0.2) is 9.97 Å². The fraction of sp³-hybridized carbons (Fsp3) is 0.381. The molecule has 2 aromatic heterocycles. The van der Waals surface area contributed by atoms with E-state index in [0.717, 1.165) is 21.5 Å². The molecule has 1 atom stereocenters. The number of hydrogen-bond acceptors (Lipinski definition) is 8. The van der Waals surface area contributed by atoms with Gasteiger partial charge in [0.2, 0.25) is 5.91 Å². The van der Waals surface area contributed by atoms with Crippen LogP contribution in [0.2, 0.25) is 0 Å². The number of likely N-dealkylation sites (N-methyl/N-ethyl adjacent to an activating group) is 1. The standard InChI is InChI=1S/C21H24N4O3S2/c1-4-25(9-14-10-27-15-7-5-6-8-16(15)28-14)17(26)11-29-21-23-19(22)18-12(2)13(3)30-20(18)24-21/h5-8,14H,4,9-11H2,1-3H3,(H2,22,23,24). The molecule has 3 heterocycles. The molecule has 0 bridgehead atoms. The molecular weight excluding hydrogens is 420 g/mol. The second-order valence-corrected chi connectivity index (χ2v) is 9.22. The van der Waals surface area contributed by atoms with Crippen molar-refractivity contribution in [2.75, 3.05) is 31.2 Å². The zero-order valence-corrected chi connectivity index (χ0v) is 18.8. The van der Waals surface area contributed by atoms with Gasteiger partial charge in [-0.15, -0.1) is 11.3 Å². The minimum Gasteiger partial charge on any atom is -0.486 e. The predicted octanol–water partition coefficient (Wildman–Crippen LogP) is 3.67. The van der Waals surface area contributed by atoms with Gasteiger partial charge in [-0.2, -0.15) is 0 Å². The van der Waals surface area contributed by atoms with Crippen molar-refractivity contribution in [3.05, 3.63) is 34.7 Å². The first kappa shape index (κ1) is 20.7. The van der Waals surface area contributed by atoms with Crippen LogP contribution >= 0.6 is 23.1 Å². The minimum absolute atomic E-state index is 0.00534. The van der Waals surface area contributed by atoms with Gasteiger partial charge in [0.25, 0.3) is 0 Å². The van der Waals surface area contributed by atoms with Crippen LogP contribution in [0.15, 0.2) is 29.4 Å². The van der Waals surface area contributed by atoms with E-state index >= 15 is 0 Å². The summed E-state index contributed by atoms with van der Waals surface area (Å²) in [6.07, 6.45) is -0.200. The molecule has 0 aliphatic carbocycles. The summed E-state index contributed by atoms with van der Waals surface area (Å²) < 4.78 is 11.7. The Morgan fingerprint density at radius 3 is 2.83 bits per heavy atom. The van der Waals surface area contributed by atoms with Crippen molar-refractivity contribution in [3.63, 3.8) is 0 Å². The number of hydrogen-bond donors (Lipinski definition) is 1. The number of benzene rings is 1. The molecule has 0 fully saturated rings. The largest absolute Gasteiger partial charge is 0.486 e. The molecule has 2 N–H and O–H groups in total. The Hall–Kier alpha value is -2.52. The van der Waals surface area contributed by atoms with Crippen molar-refractivity contribution >= 4 is 45.0 Å². The van der Waals surface area contributed by atoms with Gasteiger partial charge >= 0.3 is 0 Å². The highest BCUT2D eigenvalue weighted by molar-refractivity contribution is 7.99. The molecule has 3 aromatic rings. The first-order chi connectivity index (χ1) is 14.5. The number of para-hydroxylation sites is 2. The number of anilines is 1. The van der Waals surface area contributed by atoms with Gasteiger partial charge in [-0.05, 0) is 38.5 Å². The molecule has 0 saturated heterocycles. The van der Waals surface area contributed by atoms with E-state index in [4.69, 9.17) is 15.2 Å². The lowest BCUT2D eigenvalue weighted by Crippen LogP contribution is -2.44. The smallest absolute Gasteiger partial charge is 0.233 e. The number of aryl methyl sites for hydroxylation is 2. The van der Waals surface area contributed by atoms with Crippen LogP contribution in [0.3, 0.4) is 0 Å². The summed E-state index contributed by atoms with van der Waals surface area (Å²) in [5.41, 5.74) is 7.26. The van der Waals surface area contributed by atoms with E-state index in [-0.39, 0.29) is 17.8 Å². The Morgan fingerprint density at radius 1 is 1.30 bits per heavy atom. The molecule has 7 nitrogen and oxygen atoms in total. The zero-order chi connectivity index (χ0) is 21.3. The predicted molar refractivity (Wildman–Crippen MR) is 121 cm³/mol. The Balaban J connectivity index is 1.38. The van der Waals surface area contributed by atoms with Crippen LogP contribution in [0.1, 0.15) is 17.4 Å². The molecule has 4 rings (SSSR count). The lowest BCUT2D eigenvalue weighted by molar-refractivity contribution is -0.129. The third kappa shape index (κ3) is 4.17. The molecule has 9 heteroatoms. The first-order valence-corrected chi connectivity index (χ1v) is 11.6. The van der Waals surface area contributed by atoms with Crippen LogP contribution in [0.4, 0.5) is 5.82 Å². The number of nitrogen functional groups attached to an aromatic ring is 1. The zero-order valence-electron chi connectivity index (χ0n) is 17.2. The normalized spacial score (nSPS) is 15.4. The molecule has 1 aliphatic heterocycles. The first-order valence-electron chi connectivity index (χ1n) is 9.78. The van der Waals surface area contributed by atoms with Crippen LogP contribution in [0.5, 0.6) is 11.5 Å². The highest BCUT2D eigenvalue weighted by Crippen LogP contribution is 2.34. The summed E-state index contributed by atoms with van der Waals surface area (Å²) in [4.78, 5) is 25.6. The van der Waals surface area contributed by atoms with E-state index in [2.05, 4.69) is 9.97 Å². The maximum atomic E-state index is 12.8. The van der Waals surface area contributed by atoms with Crippen molar-refractivity contribution in [1.82, 2.24) is 14.9 Å². The van der Waals surface area contributed by atoms with Gasteiger partial charge in [0, 0.05) is 11.4 Å². The average molecular weight is 445 g/mol. The number of carbonyl (C=O) groups is 1. The molecule has 0 radical (unpaired) electrons. The molecule has 1 aromatic carbocycles. The number of ether oxygens (including phenoxy) is 2. The number of nitrogens with zero attached hydrogens (tertiary/aromatic N) is 3. The van der Waals surface area contributed by atoms with Gasteiger partial charge in [-0.1, -0.05) is 23.9 Å². The second kappa shape index (κ2) is 8.69. The Bertz CT molecular complexity index is 1090. The molecule has 1 aliphatic rings. The van der Waals surface area contributed by atoms with E-state index in [0.29, 0.717) is 36.4 Å². The van der Waals surface area contributed by atoms with Crippen molar-refractivity contribution in [2.24, 2.45) is 0 Å². The third-order valence-electron chi connectivity index (χ3n) is 5.09. The number of carbonyl (C=O) groups excluding carboxylic acids is 1. The second-order valence-electron chi connectivity index (χ2n) is 7.07. The van der Waals surface area contributed by atoms with E-state index in [1.165, 1.54) is 16.6 Å². The molecule has 1 unspecified atom stereocenters. The number of rotatable bonds is 6. The van der Waals surface area contributed by atoms with Crippen LogP contribution < -0.4 is 15.2 Å². The van der Waals surface area contributed by atoms with E-state index in [1.807, 2.05) is 45.0 Å². The summed E-state index contributed by atoms with van der Waals surface area (Å²) in [5, 5.41) is 1.44. The number of nitrogens with two attached hydrogens (primary N) is 1. The highest BCUT2D eigenvalue weighted by atomic mass is 32.2. The van der Waals surface area contributed by atoms with Crippen LogP contribution in [0.25, 0.3) is 10.2 Å². The van der Waals surface area contributed by atoms with Gasteiger partial charge in [0.05, 0.1) is 17.7 Å². The average Bonchev–Trinajstić information content (AvgIpc) is 3.04. The fourth-order valence-electron chi connectivity index (χ4n) is 3.35. The monoisotopic (exact) mass is 444 g/mol. The SMILES string of the molecule is CCN(CC1COc2ccccc2O1)C(=O)CSc1nc(N)c2c(C)c(C)sc2n1. The van der Waals surface area contributed by atoms with Gasteiger partial charge in [0.15, 0.2) is 22.8 Å². The van der Waals surface area contributed by atoms with Gasteiger partial charge in [-0.3, -0.25) is 4.79 Å². The number of fused-ring (bicyclic) bond motifs is 2. The lowest BCUT2D eigenvalue weighted by atomic mass is 10.2. The molecule has 1 amide bonds.